The lowest BCUT2D eigenvalue weighted by Gasteiger charge is -1.98. The third-order valence-corrected chi connectivity index (χ3v) is 2.03. The molecule has 1 radical (unpaired) electrons. The van der Waals surface area contributed by atoms with Crippen molar-refractivity contribution in [3.05, 3.63) is 28.2 Å². The van der Waals surface area contributed by atoms with Gasteiger partial charge in [0.25, 0.3) is 0 Å². The van der Waals surface area contributed by atoms with Crippen LogP contribution in [0.2, 0.25) is 0 Å². The molecule has 1 heterocycles. The molecule has 0 N–H and O–H groups in total. The average molecular weight is 196 g/mol. The lowest BCUT2D eigenvalue weighted by atomic mass is 9.94. The van der Waals surface area contributed by atoms with E-state index in [0.29, 0.717) is 0 Å². The maximum absolute atomic E-state index is 5.21. The number of benzene rings is 1. The molecule has 1 aliphatic rings. The number of fused-ring (bicyclic) bond motifs is 1. The van der Waals surface area contributed by atoms with Crippen molar-refractivity contribution in [1.29, 1.82) is 0 Å². The summed E-state index contributed by atoms with van der Waals surface area (Å²) in [5.74, 6) is 0.989. The normalized spacial score (nSPS) is 13.7. The van der Waals surface area contributed by atoms with Crippen molar-refractivity contribution in [2.45, 2.75) is 6.32 Å². The Morgan fingerprint density at radius 1 is 1.50 bits per heavy atom. The number of rotatable bonds is 0. The Morgan fingerprint density at radius 3 is 3.30 bits per heavy atom. The fourth-order valence-corrected chi connectivity index (χ4v) is 1.45. The second-order valence-electron chi connectivity index (χ2n) is 2.24. The first-order chi connectivity index (χ1) is 4.86. The van der Waals surface area contributed by atoms with Crippen LogP contribution in [0, 0.1) is 0 Å². The lowest BCUT2D eigenvalue weighted by Crippen LogP contribution is -1.92. The van der Waals surface area contributed by atoms with Gasteiger partial charge in [-0.05, 0) is 30.1 Å². The Bertz CT molecular complexity index is 262. The molecule has 0 bridgehead atoms. The number of halogens is 1. The van der Waals surface area contributed by atoms with Gasteiger partial charge in [-0.15, -0.1) is 0 Å². The smallest absolute Gasteiger partial charge is 0.374 e. The topological polar surface area (TPSA) is 9.23 Å². The highest BCUT2D eigenvalue weighted by molar-refractivity contribution is 9.10. The predicted molar refractivity (Wildman–Crippen MR) is 44.2 cm³/mol. The molecular formula is C7H5BBrO. The Balaban J connectivity index is 2.52. The molecule has 0 spiro atoms. The van der Waals surface area contributed by atoms with Crippen molar-refractivity contribution in [3.8, 4) is 5.75 Å². The molecule has 1 aromatic carbocycles. The van der Waals surface area contributed by atoms with Crippen LogP contribution in [0.5, 0.6) is 5.75 Å². The van der Waals surface area contributed by atoms with Crippen LogP contribution in [0.1, 0.15) is 5.56 Å². The Labute approximate surface area is 68.8 Å². The standard InChI is InChI=1S/C7H5BBrO/c9-6-1-2-7-5(3-6)4-8-10-7/h1-3H,4H2. The third-order valence-electron chi connectivity index (χ3n) is 1.54. The van der Waals surface area contributed by atoms with Crippen molar-refractivity contribution in [2.75, 3.05) is 0 Å². The zero-order valence-corrected chi connectivity index (χ0v) is 6.89. The molecule has 3 heteroatoms. The number of hydrogen-bond acceptors (Lipinski definition) is 1. The summed E-state index contributed by atoms with van der Waals surface area (Å²) in [7, 11) is 1.82. The van der Waals surface area contributed by atoms with Gasteiger partial charge in [-0.1, -0.05) is 15.9 Å². The van der Waals surface area contributed by atoms with Gasteiger partial charge in [-0.2, -0.15) is 0 Å². The van der Waals surface area contributed by atoms with Crippen molar-refractivity contribution >= 4 is 23.4 Å². The van der Waals surface area contributed by atoms with Crippen LogP contribution in [-0.4, -0.2) is 7.48 Å². The van der Waals surface area contributed by atoms with E-state index in [-0.39, 0.29) is 0 Å². The molecule has 0 fully saturated rings. The van der Waals surface area contributed by atoms with Crippen LogP contribution >= 0.6 is 15.9 Å². The summed E-state index contributed by atoms with van der Waals surface area (Å²) in [5, 5.41) is 0. The molecule has 0 atom stereocenters. The Kier molecular flexibility index (Phi) is 1.45. The zero-order valence-electron chi connectivity index (χ0n) is 5.30. The van der Waals surface area contributed by atoms with Crippen LogP contribution in [0.4, 0.5) is 0 Å². The summed E-state index contributed by atoms with van der Waals surface area (Å²) in [6.45, 7) is 0. The van der Waals surface area contributed by atoms with Crippen LogP contribution in [0.3, 0.4) is 0 Å². The largest absolute Gasteiger partial charge is 0.563 e. The predicted octanol–water partition coefficient (Wildman–Crippen LogP) is 1.96. The molecule has 0 saturated carbocycles. The molecular weight excluding hydrogens is 191 g/mol. The van der Waals surface area contributed by atoms with E-state index in [4.69, 9.17) is 4.65 Å². The van der Waals surface area contributed by atoms with Crippen molar-refractivity contribution in [2.24, 2.45) is 0 Å². The van der Waals surface area contributed by atoms with Gasteiger partial charge in [0.05, 0.1) is 0 Å². The van der Waals surface area contributed by atoms with Crippen LogP contribution in [-0.2, 0) is 6.32 Å². The van der Waals surface area contributed by atoms with Crippen molar-refractivity contribution < 1.29 is 4.65 Å². The van der Waals surface area contributed by atoms with E-state index in [0.717, 1.165) is 16.5 Å². The first-order valence-electron chi connectivity index (χ1n) is 3.13. The fourth-order valence-electron chi connectivity index (χ4n) is 1.04. The van der Waals surface area contributed by atoms with Gasteiger partial charge in [0.1, 0.15) is 5.75 Å². The first-order valence-corrected chi connectivity index (χ1v) is 3.92. The minimum absolute atomic E-state index is 0.925. The molecule has 0 amide bonds. The van der Waals surface area contributed by atoms with E-state index in [9.17, 15) is 0 Å². The van der Waals surface area contributed by atoms with Crippen molar-refractivity contribution in [3.63, 3.8) is 0 Å². The monoisotopic (exact) mass is 195 g/mol. The van der Waals surface area contributed by atoms with Gasteiger partial charge in [0.2, 0.25) is 0 Å². The lowest BCUT2D eigenvalue weighted by molar-refractivity contribution is 0.614. The van der Waals surface area contributed by atoms with Gasteiger partial charge >= 0.3 is 7.48 Å². The second-order valence-corrected chi connectivity index (χ2v) is 3.16. The highest BCUT2D eigenvalue weighted by Gasteiger charge is 2.12. The number of hydrogen-bond donors (Lipinski definition) is 0. The quantitative estimate of drug-likeness (QED) is 0.576. The van der Waals surface area contributed by atoms with Crippen LogP contribution in [0.15, 0.2) is 22.7 Å². The fraction of sp³-hybridized carbons (Fsp3) is 0.143. The van der Waals surface area contributed by atoms with E-state index < -0.39 is 0 Å². The summed E-state index contributed by atoms with van der Waals surface area (Å²) < 4.78 is 6.32. The van der Waals surface area contributed by atoms with E-state index in [1.807, 2.05) is 19.6 Å². The summed E-state index contributed by atoms with van der Waals surface area (Å²) >= 11 is 3.40. The molecule has 0 saturated heterocycles. The Hall–Kier alpha value is -0.435. The van der Waals surface area contributed by atoms with E-state index >= 15 is 0 Å². The summed E-state index contributed by atoms with van der Waals surface area (Å²) in [6.07, 6.45) is 0.925. The molecule has 1 nitrogen and oxygen atoms in total. The van der Waals surface area contributed by atoms with Gasteiger partial charge in [-0.25, -0.2) is 0 Å². The first kappa shape index (κ1) is 6.29. The maximum atomic E-state index is 5.21. The zero-order chi connectivity index (χ0) is 6.97. The third kappa shape index (κ3) is 0.946. The Morgan fingerprint density at radius 2 is 2.40 bits per heavy atom. The van der Waals surface area contributed by atoms with Crippen molar-refractivity contribution in [1.82, 2.24) is 0 Å². The van der Waals surface area contributed by atoms with Gasteiger partial charge in [-0.3, -0.25) is 0 Å². The molecule has 49 valence electrons. The second kappa shape index (κ2) is 2.31. The van der Waals surface area contributed by atoms with E-state index in [1.54, 1.807) is 0 Å². The summed E-state index contributed by atoms with van der Waals surface area (Å²) in [6, 6.07) is 6.04. The SMILES string of the molecule is Brc1ccc2c(c1)C[B]O2. The minimum atomic E-state index is 0.925. The molecule has 0 aromatic heterocycles. The average Bonchev–Trinajstić information content (AvgIpc) is 2.33. The molecule has 2 rings (SSSR count). The summed E-state index contributed by atoms with van der Waals surface area (Å²) in [4.78, 5) is 0. The molecule has 0 unspecified atom stereocenters. The molecule has 0 aliphatic carbocycles. The van der Waals surface area contributed by atoms with Gasteiger partial charge in [0, 0.05) is 4.47 Å². The van der Waals surface area contributed by atoms with E-state index in [1.165, 1.54) is 5.56 Å². The maximum Gasteiger partial charge on any atom is 0.374 e. The van der Waals surface area contributed by atoms with Gasteiger partial charge in [0.15, 0.2) is 0 Å². The highest BCUT2D eigenvalue weighted by atomic mass is 79.9. The van der Waals surface area contributed by atoms with Crippen LogP contribution < -0.4 is 4.65 Å². The molecule has 1 aliphatic heterocycles. The highest BCUT2D eigenvalue weighted by Crippen LogP contribution is 2.26. The minimum Gasteiger partial charge on any atom is -0.563 e. The van der Waals surface area contributed by atoms with E-state index in [2.05, 4.69) is 22.0 Å². The molecule has 10 heavy (non-hydrogen) atoms. The van der Waals surface area contributed by atoms with Gasteiger partial charge < -0.3 is 4.65 Å². The van der Waals surface area contributed by atoms with Crippen LogP contribution in [0.25, 0.3) is 0 Å². The summed E-state index contributed by atoms with van der Waals surface area (Å²) in [5.41, 5.74) is 1.26. The molecule has 1 aromatic rings.